The fourth-order valence-corrected chi connectivity index (χ4v) is 3.28. The summed E-state index contributed by atoms with van der Waals surface area (Å²) < 4.78 is 0. The van der Waals surface area contributed by atoms with Crippen LogP contribution in [0.2, 0.25) is 18.2 Å². The summed E-state index contributed by atoms with van der Waals surface area (Å²) >= 11 is 5.85. The molecule has 1 aromatic carbocycles. The zero-order valence-corrected chi connectivity index (χ0v) is 13.1. The Morgan fingerprint density at radius 1 is 1.62 bits per heavy atom. The first kappa shape index (κ1) is 16.1. The Morgan fingerprint density at radius 3 is 2.95 bits per heavy atom. The smallest absolute Gasteiger partial charge is 0.294 e. The molecule has 5 nitrogen and oxygen atoms in total. The maximum absolute atomic E-state index is 11.2. The molecule has 1 heterocycles. The molecule has 0 amide bonds. The molecule has 0 saturated carbocycles. The Labute approximate surface area is 130 Å². The van der Waals surface area contributed by atoms with Gasteiger partial charge in [0.25, 0.3) is 12.6 Å². The van der Waals surface area contributed by atoms with Crippen molar-refractivity contribution < 1.29 is 9.95 Å². The third-order valence-electron chi connectivity index (χ3n) is 4.22. The van der Waals surface area contributed by atoms with Gasteiger partial charge >= 0.3 is 0 Å². The van der Waals surface area contributed by atoms with Crippen LogP contribution in [0.3, 0.4) is 0 Å². The lowest BCUT2D eigenvalue weighted by atomic mass is 9.62. The van der Waals surface area contributed by atoms with E-state index in [9.17, 15) is 15.1 Å². The van der Waals surface area contributed by atoms with Crippen LogP contribution in [-0.4, -0.2) is 30.0 Å². The first-order valence-corrected chi connectivity index (χ1v) is 7.63. The minimum absolute atomic E-state index is 0.0614. The lowest BCUT2D eigenvalue weighted by molar-refractivity contribution is -0.384. The van der Waals surface area contributed by atoms with Gasteiger partial charge in [-0.1, -0.05) is 25.3 Å². The van der Waals surface area contributed by atoms with Crippen molar-refractivity contribution >= 4 is 29.9 Å². The zero-order chi connectivity index (χ0) is 15.6. The highest BCUT2D eigenvalue weighted by atomic mass is 35.5. The number of nitro benzene ring substituents is 1. The highest BCUT2D eigenvalue weighted by Crippen LogP contribution is 2.36. The summed E-state index contributed by atoms with van der Waals surface area (Å²) in [6, 6.07) is 4.82. The van der Waals surface area contributed by atoms with Crippen LogP contribution in [0.4, 0.5) is 11.4 Å². The monoisotopic (exact) mass is 310 g/mol. The van der Waals surface area contributed by atoms with Crippen molar-refractivity contribution in [2.75, 3.05) is 18.0 Å². The number of halogens is 1. The van der Waals surface area contributed by atoms with Crippen molar-refractivity contribution in [1.29, 1.82) is 0 Å². The molecule has 1 N–H and O–H groups in total. The lowest BCUT2D eigenvalue weighted by Crippen LogP contribution is -2.24. The summed E-state index contributed by atoms with van der Waals surface area (Å²) in [5.41, 5.74) is 0.697. The van der Waals surface area contributed by atoms with E-state index in [1.54, 1.807) is 19.0 Å². The van der Waals surface area contributed by atoms with Gasteiger partial charge < -0.3 is 9.92 Å². The molecule has 0 aromatic heterocycles. The first-order chi connectivity index (χ1) is 9.88. The van der Waals surface area contributed by atoms with Crippen molar-refractivity contribution in [3.8, 4) is 0 Å². The maximum atomic E-state index is 11.2. The van der Waals surface area contributed by atoms with Crippen molar-refractivity contribution in [2.45, 2.75) is 26.5 Å². The van der Waals surface area contributed by atoms with Crippen LogP contribution in [0.15, 0.2) is 18.2 Å². The number of anilines is 1. The molecule has 1 aliphatic rings. The fourth-order valence-electron chi connectivity index (χ4n) is 3.11. The first-order valence-electron chi connectivity index (χ1n) is 7.25. The SMILES string of the molecule is CB(O)CC(C)C1CCN(c2ccc(Cl)cc2[N+](=O)[O-])C1. The molecule has 1 aliphatic heterocycles. The molecule has 7 heteroatoms. The van der Waals surface area contributed by atoms with Crippen LogP contribution < -0.4 is 4.90 Å². The van der Waals surface area contributed by atoms with E-state index < -0.39 is 0 Å². The van der Waals surface area contributed by atoms with E-state index in [-0.39, 0.29) is 17.5 Å². The number of rotatable bonds is 5. The fraction of sp³-hybridized carbons (Fsp3) is 0.571. The topological polar surface area (TPSA) is 66.6 Å². The third kappa shape index (κ3) is 3.89. The number of hydrogen-bond acceptors (Lipinski definition) is 4. The van der Waals surface area contributed by atoms with Crippen LogP contribution in [-0.2, 0) is 0 Å². The van der Waals surface area contributed by atoms with Crippen molar-refractivity contribution in [2.24, 2.45) is 11.8 Å². The van der Waals surface area contributed by atoms with Gasteiger partial charge in [-0.3, -0.25) is 10.1 Å². The highest BCUT2D eigenvalue weighted by Gasteiger charge is 2.31. The minimum Gasteiger partial charge on any atom is -0.451 e. The Bertz CT molecular complexity index is 527. The van der Waals surface area contributed by atoms with Gasteiger partial charge in [0.15, 0.2) is 0 Å². The summed E-state index contributed by atoms with van der Waals surface area (Å²) in [6.45, 7) is 5.22. The molecule has 0 bridgehead atoms. The molecule has 0 radical (unpaired) electrons. The van der Waals surface area contributed by atoms with Gasteiger partial charge in [-0.15, -0.1) is 0 Å². The van der Waals surface area contributed by atoms with Gasteiger partial charge in [0.1, 0.15) is 5.69 Å². The average Bonchev–Trinajstić information content (AvgIpc) is 2.87. The Balaban J connectivity index is 2.13. The second kappa shape index (κ2) is 6.66. The van der Waals surface area contributed by atoms with E-state index in [0.717, 1.165) is 25.8 Å². The highest BCUT2D eigenvalue weighted by molar-refractivity contribution is 6.48. The minimum atomic E-state index is -0.381. The van der Waals surface area contributed by atoms with Gasteiger partial charge in [-0.2, -0.15) is 0 Å². The van der Waals surface area contributed by atoms with Crippen molar-refractivity contribution in [3.63, 3.8) is 0 Å². The maximum Gasteiger partial charge on any atom is 0.294 e. The Morgan fingerprint density at radius 2 is 2.33 bits per heavy atom. The molecule has 0 aliphatic carbocycles. The molecule has 0 spiro atoms. The average molecular weight is 311 g/mol. The predicted molar refractivity (Wildman–Crippen MR) is 86.2 cm³/mol. The van der Waals surface area contributed by atoms with Crippen LogP contribution in [0.25, 0.3) is 0 Å². The van der Waals surface area contributed by atoms with Crippen LogP contribution in [0.1, 0.15) is 13.3 Å². The van der Waals surface area contributed by atoms with Gasteiger partial charge in [0.2, 0.25) is 0 Å². The van der Waals surface area contributed by atoms with Crippen LogP contribution >= 0.6 is 11.6 Å². The van der Waals surface area contributed by atoms with Crippen molar-refractivity contribution in [3.05, 3.63) is 33.3 Å². The normalized spacial score (nSPS) is 19.6. The molecule has 1 aromatic rings. The summed E-state index contributed by atoms with van der Waals surface area (Å²) in [6.07, 6.45) is 1.76. The summed E-state index contributed by atoms with van der Waals surface area (Å²) in [5.74, 6) is 0.858. The van der Waals surface area contributed by atoms with Gasteiger partial charge in [0.05, 0.1) is 4.92 Å². The van der Waals surface area contributed by atoms with E-state index >= 15 is 0 Å². The predicted octanol–water partition coefficient (Wildman–Crippen LogP) is 3.32. The Hall–Kier alpha value is -1.27. The zero-order valence-electron chi connectivity index (χ0n) is 12.3. The van der Waals surface area contributed by atoms with Gasteiger partial charge in [0, 0.05) is 24.2 Å². The summed E-state index contributed by atoms with van der Waals surface area (Å²) in [4.78, 5) is 12.9. The van der Waals surface area contributed by atoms with Crippen LogP contribution in [0, 0.1) is 22.0 Å². The largest absolute Gasteiger partial charge is 0.451 e. The van der Waals surface area contributed by atoms with Gasteiger partial charge in [-0.25, -0.2) is 0 Å². The molecule has 2 unspecified atom stereocenters. The van der Waals surface area contributed by atoms with E-state index in [0.29, 0.717) is 22.5 Å². The molecule has 114 valence electrons. The van der Waals surface area contributed by atoms with E-state index in [1.807, 2.05) is 0 Å². The van der Waals surface area contributed by atoms with Crippen molar-refractivity contribution in [1.82, 2.24) is 0 Å². The third-order valence-corrected chi connectivity index (χ3v) is 4.45. The van der Waals surface area contributed by atoms with E-state index in [4.69, 9.17) is 11.6 Å². The summed E-state index contributed by atoms with van der Waals surface area (Å²) in [7, 11) is 0. The van der Waals surface area contributed by atoms with Gasteiger partial charge in [-0.05, 0) is 36.7 Å². The number of hydrogen-bond donors (Lipinski definition) is 1. The standard InChI is InChI=1S/C14H20BClN2O3/c1-10(8-15(2)19)11-5-6-17(9-11)13-4-3-12(16)7-14(13)18(20)21/h3-4,7,10-11,19H,5-6,8-9H2,1-2H3. The second-order valence-electron chi connectivity index (χ2n) is 5.95. The molecule has 21 heavy (non-hydrogen) atoms. The number of nitrogens with zero attached hydrogens (tertiary/aromatic N) is 2. The molecular weight excluding hydrogens is 290 g/mol. The van der Waals surface area contributed by atoms with E-state index in [1.165, 1.54) is 6.07 Å². The summed E-state index contributed by atoms with van der Waals surface area (Å²) in [5, 5.41) is 21.1. The van der Waals surface area contributed by atoms with E-state index in [2.05, 4.69) is 11.8 Å². The van der Waals surface area contributed by atoms with Crippen LogP contribution in [0.5, 0.6) is 0 Å². The molecule has 2 atom stereocenters. The Kier molecular flexibility index (Phi) is 5.11. The quantitative estimate of drug-likeness (QED) is 0.514. The molecule has 2 rings (SSSR count). The number of benzene rings is 1. The lowest BCUT2D eigenvalue weighted by Gasteiger charge is -2.22. The second-order valence-corrected chi connectivity index (χ2v) is 6.38. The molecule has 1 saturated heterocycles. The molecule has 1 fully saturated rings. The number of nitro groups is 1. The molecular formula is C14H20BClN2O3.